The summed E-state index contributed by atoms with van der Waals surface area (Å²) in [6.07, 6.45) is 0. The van der Waals surface area contributed by atoms with Gasteiger partial charge in [0.15, 0.2) is 0 Å². The highest BCUT2D eigenvalue weighted by atomic mass is 16.6. The number of aromatic hydroxyl groups is 1. The fraction of sp³-hybridized carbons (Fsp3) is 0.400. The van der Waals surface area contributed by atoms with E-state index < -0.39 is 37.6 Å². The van der Waals surface area contributed by atoms with Crippen LogP contribution < -0.4 is 11.1 Å². The number of aliphatic hydroxyl groups excluding tert-OH is 1. The van der Waals surface area contributed by atoms with Crippen molar-refractivity contribution in [3.05, 3.63) is 42.5 Å². The fourth-order valence-electron chi connectivity index (χ4n) is 1.28. The number of nitrogens with one attached hydrogen (secondary N) is 1. The van der Waals surface area contributed by atoms with Crippen LogP contribution in [0.25, 0.3) is 0 Å². The van der Waals surface area contributed by atoms with Gasteiger partial charge in [0.25, 0.3) is 11.4 Å². The monoisotopic (exact) mass is 333 g/mol. The molecule has 5 N–H and O–H groups in total. The minimum absolute atomic E-state index is 0.194. The number of nitro groups is 3. The molecule has 0 radical (unpaired) electrons. The summed E-state index contributed by atoms with van der Waals surface area (Å²) in [4.78, 5) is 27.8. The Kier molecular flexibility index (Phi) is 8.68. The Morgan fingerprint density at radius 3 is 1.78 bits per heavy atom. The third-order valence-electron chi connectivity index (χ3n) is 2.27. The largest absolute Gasteiger partial charge is 0.497 e. The summed E-state index contributed by atoms with van der Waals surface area (Å²) in [6.45, 7) is 2.28. The van der Waals surface area contributed by atoms with Gasteiger partial charge in [-0.15, -0.1) is 0 Å². The van der Waals surface area contributed by atoms with Crippen molar-refractivity contribution >= 4 is 17.1 Å². The summed E-state index contributed by atoms with van der Waals surface area (Å²) in [6, 6.07) is 0.894. The number of nitrogens with two attached hydrogens (primary N) is 1. The number of phenols is 1. The molecule has 128 valence electrons. The van der Waals surface area contributed by atoms with Crippen LogP contribution in [-0.2, 0) is 0 Å². The van der Waals surface area contributed by atoms with Crippen LogP contribution in [0.3, 0.4) is 0 Å². The number of nitrogens with zero attached hydrogens (tertiary/aromatic N) is 3. The Hall–Kier alpha value is -2.90. The molecular weight excluding hydrogens is 318 g/mol. The van der Waals surface area contributed by atoms with Crippen molar-refractivity contribution in [1.82, 2.24) is 5.32 Å². The Bertz CT molecular complexity index is 539. The van der Waals surface area contributed by atoms with Gasteiger partial charge in [-0.3, -0.25) is 30.3 Å². The zero-order valence-electron chi connectivity index (χ0n) is 11.7. The maximum Gasteiger partial charge on any atom is 0.324 e. The first-order chi connectivity index (χ1) is 10.8. The van der Waals surface area contributed by atoms with Gasteiger partial charge in [0.2, 0.25) is 0 Å². The molecule has 0 saturated heterocycles. The van der Waals surface area contributed by atoms with E-state index in [0.29, 0.717) is 25.2 Å². The van der Waals surface area contributed by atoms with E-state index >= 15 is 0 Å². The molecule has 0 bridgehead atoms. The number of non-ortho nitro benzene ring substituents is 1. The van der Waals surface area contributed by atoms with Gasteiger partial charge in [0.05, 0.1) is 33.5 Å². The molecule has 13 heteroatoms. The van der Waals surface area contributed by atoms with Crippen LogP contribution in [-0.4, -0.2) is 51.2 Å². The van der Waals surface area contributed by atoms with E-state index in [1.54, 1.807) is 0 Å². The van der Waals surface area contributed by atoms with Gasteiger partial charge in [0, 0.05) is 19.6 Å². The van der Waals surface area contributed by atoms with Gasteiger partial charge >= 0.3 is 11.4 Å². The van der Waals surface area contributed by atoms with Gasteiger partial charge in [-0.1, -0.05) is 0 Å². The highest BCUT2D eigenvalue weighted by molar-refractivity contribution is 5.64. The SMILES string of the molecule is NCCNCCO.O=[N+]([O-])c1cc([N+](=O)[O-])c(O)c([N+](=O)[O-])c1. The predicted molar refractivity (Wildman–Crippen MR) is 77.1 cm³/mol. The maximum absolute atomic E-state index is 10.4. The minimum atomic E-state index is -1.21. The Balaban J connectivity index is 0.000000585. The second-order valence-electron chi connectivity index (χ2n) is 3.87. The van der Waals surface area contributed by atoms with Crippen molar-refractivity contribution in [3.63, 3.8) is 0 Å². The molecule has 0 aromatic heterocycles. The Morgan fingerprint density at radius 1 is 1.00 bits per heavy atom. The lowest BCUT2D eigenvalue weighted by atomic mass is 10.2. The summed E-state index contributed by atoms with van der Waals surface area (Å²) in [5, 5.41) is 51.3. The van der Waals surface area contributed by atoms with Crippen molar-refractivity contribution in [1.29, 1.82) is 0 Å². The standard InChI is InChI=1S/C6H3N3O7.C4H12N2O/c10-6-4(8(13)14)1-3(7(11)12)2-5(6)9(15)16;5-1-2-6-3-4-7/h1-2,10H;6-7H,1-5H2. The number of phenolic OH excluding ortho intramolecular Hbond substituents is 1. The van der Waals surface area contributed by atoms with Crippen LogP contribution in [0.2, 0.25) is 0 Å². The summed E-state index contributed by atoms with van der Waals surface area (Å²) >= 11 is 0. The smallest absolute Gasteiger partial charge is 0.324 e. The molecule has 0 aliphatic rings. The maximum atomic E-state index is 10.4. The molecule has 1 aromatic rings. The first kappa shape index (κ1) is 20.1. The number of hydrogen-bond acceptors (Lipinski definition) is 10. The molecule has 0 spiro atoms. The molecule has 0 unspecified atom stereocenters. The van der Waals surface area contributed by atoms with Crippen LogP contribution in [0.5, 0.6) is 5.75 Å². The molecule has 1 aromatic carbocycles. The van der Waals surface area contributed by atoms with Crippen molar-refractivity contribution in [2.24, 2.45) is 5.73 Å². The Morgan fingerprint density at radius 2 is 1.48 bits per heavy atom. The van der Waals surface area contributed by atoms with Gasteiger partial charge in [-0.05, 0) is 0 Å². The van der Waals surface area contributed by atoms with Crippen molar-refractivity contribution in [2.75, 3.05) is 26.2 Å². The third kappa shape index (κ3) is 6.60. The van der Waals surface area contributed by atoms with E-state index in [0.717, 1.165) is 6.54 Å². The van der Waals surface area contributed by atoms with E-state index in [1.807, 2.05) is 0 Å². The second kappa shape index (κ2) is 9.93. The van der Waals surface area contributed by atoms with Crippen LogP contribution in [0.1, 0.15) is 0 Å². The normalized spacial score (nSPS) is 9.65. The predicted octanol–water partition coefficient (Wildman–Crippen LogP) is -0.356. The fourth-order valence-corrected chi connectivity index (χ4v) is 1.28. The first-order valence-electron chi connectivity index (χ1n) is 6.08. The van der Waals surface area contributed by atoms with E-state index in [9.17, 15) is 30.3 Å². The lowest BCUT2D eigenvalue weighted by Crippen LogP contribution is -2.24. The highest BCUT2D eigenvalue weighted by Gasteiger charge is 2.30. The third-order valence-corrected chi connectivity index (χ3v) is 2.27. The molecule has 0 atom stereocenters. The molecule has 0 amide bonds. The van der Waals surface area contributed by atoms with Crippen LogP contribution in [0.4, 0.5) is 17.1 Å². The van der Waals surface area contributed by atoms with Gasteiger partial charge in [0.1, 0.15) is 0 Å². The van der Waals surface area contributed by atoms with Crippen molar-refractivity contribution in [2.45, 2.75) is 0 Å². The molecular formula is C10H15N5O8. The summed E-state index contributed by atoms with van der Waals surface area (Å²) in [7, 11) is 0. The summed E-state index contributed by atoms with van der Waals surface area (Å²) in [5.74, 6) is -1.21. The topological polar surface area (TPSA) is 208 Å². The van der Waals surface area contributed by atoms with Crippen LogP contribution in [0, 0.1) is 30.3 Å². The molecule has 0 heterocycles. The number of nitro benzene ring substituents is 3. The average Bonchev–Trinajstić information content (AvgIpc) is 2.47. The van der Waals surface area contributed by atoms with E-state index in [4.69, 9.17) is 15.9 Å². The second-order valence-corrected chi connectivity index (χ2v) is 3.87. The highest BCUT2D eigenvalue weighted by Crippen LogP contribution is 2.38. The van der Waals surface area contributed by atoms with E-state index in [2.05, 4.69) is 5.32 Å². The molecule has 13 nitrogen and oxygen atoms in total. The molecule has 1 rings (SSSR count). The lowest BCUT2D eigenvalue weighted by molar-refractivity contribution is -0.404. The van der Waals surface area contributed by atoms with Crippen LogP contribution in [0.15, 0.2) is 12.1 Å². The van der Waals surface area contributed by atoms with E-state index in [-0.39, 0.29) is 6.61 Å². The Labute approximate surface area is 128 Å². The zero-order chi connectivity index (χ0) is 18.0. The van der Waals surface area contributed by atoms with E-state index in [1.165, 1.54) is 0 Å². The molecule has 23 heavy (non-hydrogen) atoms. The molecule has 0 aliphatic carbocycles. The first-order valence-corrected chi connectivity index (χ1v) is 6.08. The lowest BCUT2D eigenvalue weighted by Gasteiger charge is -1.97. The molecule has 0 fully saturated rings. The van der Waals surface area contributed by atoms with Crippen molar-refractivity contribution < 1.29 is 25.0 Å². The number of benzene rings is 1. The average molecular weight is 333 g/mol. The van der Waals surface area contributed by atoms with Gasteiger partial charge in [-0.25, -0.2) is 0 Å². The number of rotatable bonds is 7. The molecule has 0 aliphatic heterocycles. The van der Waals surface area contributed by atoms with Crippen LogP contribution >= 0.6 is 0 Å². The minimum Gasteiger partial charge on any atom is -0.497 e. The van der Waals surface area contributed by atoms with Gasteiger partial charge in [-0.2, -0.15) is 0 Å². The number of hydrogen-bond donors (Lipinski definition) is 4. The van der Waals surface area contributed by atoms with Gasteiger partial charge < -0.3 is 21.3 Å². The zero-order valence-corrected chi connectivity index (χ0v) is 11.7. The number of aliphatic hydroxyl groups is 1. The molecule has 0 saturated carbocycles. The van der Waals surface area contributed by atoms with Crippen molar-refractivity contribution in [3.8, 4) is 5.75 Å². The summed E-state index contributed by atoms with van der Waals surface area (Å²) < 4.78 is 0. The summed E-state index contributed by atoms with van der Waals surface area (Å²) in [5.41, 5.74) is 2.12. The quantitative estimate of drug-likeness (QED) is 0.289.